The van der Waals surface area contributed by atoms with Gasteiger partial charge in [-0.05, 0) is 58.2 Å². The van der Waals surface area contributed by atoms with Crippen LogP contribution in [0.15, 0.2) is 22.7 Å². The summed E-state index contributed by atoms with van der Waals surface area (Å²) < 4.78 is 0.620. The fourth-order valence-electron chi connectivity index (χ4n) is 4.03. The Kier molecular flexibility index (Phi) is 4.39. The molecule has 0 atom stereocenters. The van der Waals surface area contributed by atoms with E-state index in [-0.39, 0.29) is 10.8 Å². The lowest BCUT2D eigenvalue weighted by molar-refractivity contribution is 0.0697. The number of benzene rings is 1. The van der Waals surface area contributed by atoms with Crippen molar-refractivity contribution in [3.05, 3.63) is 28.2 Å². The van der Waals surface area contributed by atoms with Gasteiger partial charge in [-0.25, -0.2) is 4.79 Å². The maximum atomic E-state index is 11.5. The smallest absolute Gasteiger partial charge is 0.338 e. The lowest BCUT2D eigenvalue weighted by Gasteiger charge is -2.45. The Bertz CT molecular complexity index is 536. The number of nitrogens with one attached hydrogen (secondary N) is 1. The number of anilines is 1. The topological polar surface area (TPSA) is 49.3 Å². The van der Waals surface area contributed by atoms with Gasteiger partial charge in [0.25, 0.3) is 0 Å². The summed E-state index contributed by atoms with van der Waals surface area (Å²) in [6, 6.07) is 5.79. The van der Waals surface area contributed by atoms with Crippen molar-refractivity contribution in [2.24, 2.45) is 10.8 Å². The maximum Gasteiger partial charge on any atom is 0.338 e. The van der Waals surface area contributed by atoms with E-state index in [4.69, 9.17) is 0 Å². The van der Waals surface area contributed by atoms with E-state index in [1.54, 1.807) is 6.07 Å². The van der Waals surface area contributed by atoms with Gasteiger partial charge in [-0.15, -0.1) is 0 Å². The molecule has 1 aromatic carbocycles. The van der Waals surface area contributed by atoms with Crippen LogP contribution in [-0.4, -0.2) is 17.1 Å². The molecule has 2 N–H and O–H groups in total. The minimum atomic E-state index is -0.903. The molecule has 0 aliphatic heterocycles. The van der Waals surface area contributed by atoms with Gasteiger partial charge in [-0.3, -0.25) is 0 Å². The highest BCUT2D eigenvalue weighted by Gasteiger charge is 2.38. The molecule has 2 rings (SSSR count). The molecule has 116 valence electrons. The zero-order valence-corrected chi connectivity index (χ0v) is 14.8. The van der Waals surface area contributed by atoms with Crippen molar-refractivity contribution in [1.82, 2.24) is 0 Å². The Balaban J connectivity index is 2.26. The number of aromatic carboxylic acids is 1. The standard InChI is InChI=1S/C17H24BrNO2/c1-16(2)8-11(9-17(3,4)10-16)19-13-7-5-6-12(18)14(13)15(20)21/h5-7,11,19H,8-10H2,1-4H3,(H,20,21). The van der Waals surface area contributed by atoms with Gasteiger partial charge in [-0.2, -0.15) is 0 Å². The Labute approximate surface area is 135 Å². The first-order chi connectivity index (χ1) is 9.60. The molecule has 3 nitrogen and oxygen atoms in total. The van der Waals surface area contributed by atoms with Gasteiger partial charge >= 0.3 is 5.97 Å². The van der Waals surface area contributed by atoms with Gasteiger partial charge in [0.1, 0.15) is 0 Å². The van der Waals surface area contributed by atoms with Crippen LogP contribution in [0.25, 0.3) is 0 Å². The summed E-state index contributed by atoms with van der Waals surface area (Å²) in [6.07, 6.45) is 3.31. The molecule has 1 aromatic rings. The van der Waals surface area contributed by atoms with Gasteiger partial charge in [0, 0.05) is 10.5 Å². The van der Waals surface area contributed by atoms with Crippen molar-refractivity contribution in [3.8, 4) is 0 Å². The normalized spacial score (nSPS) is 21.0. The number of halogens is 1. The van der Waals surface area contributed by atoms with Crippen LogP contribution in [0, 0.1) is 10.8 Å². The summed E-state index contributed by atoms with van der Waals surface area (Å²) in [5.74, 6) is -0.903. The molecule has 4 heteroatoms. The monoisotopic (exact) mass is 353 g/mol. The first-order valence-corrected chi connectivity index (χ1v) is 8.17. The summed E-state index contributed by atoms with van der Waals surface area (Å²) >= 11 is 3.34. The van der Waals surface area contributed by atoms with E-state index in [0.29, 0.717) is 21.8 Å². The van der Waals surface area contributed by atoms with Crippen LogP contribution in [0.1, 0.15) is 57.3 Å². The minimum absolute atomic E-state index is 0.273. The second kappa shape index (κ2) is 5.64. The highest BCUT2D eigenvalue weighted by atomic mass is 79.9. The number of carbonyl (C=O) groups is 1. The number of carboxylic acid groups (broad SMARTS) is 1. The van der Waals surface area contributed by atoms with Crippen LogP contribution < -0.4 is 5.32 Å². The molecule has 1 fully saturated rings. The molecule has 0 saturated heterocycles. The number of carboxylic acids is 1. The highest BCUT2D eigenvalue weighted by Crippen LogP contribution is 2.46. The van der Waals surface area contributed by atoms with Crippen molar-refractivity contribution >= 4 is 27.6 Å². The van der Waals surface area contributed by atoms with Crippen LogP contribution in [0.5, 0.6) is 0 Å². The second-order valence-corrected chi connectivity index (χ2v) is 8.58. The number of hydrogen-bond donors (Lipinski definition) is 2. The molecule has 0 aromatic heterocycles. The fraction of sp³-hybridized carbons (Fsp3) is 0.588. The Morgan fingerprint density at radius 1 is 1.24 bits per heavy atom. The lowest BCUT2D eigenvalue weighted by atomic mass is 9.63. The van der Waals surface area contributed by atoms with Crippen molar-refractivity contribution < 1.29 is 9.90 Å². The van der Waals surface area contributed by atoms with Gasteiger partial charge in [0.05, 0.1) is 11.3 Å². The van der Waals surface area contributed by atoms with E-state index in [0.717, 1.165) is 12.8 Å². The highest BCUT2D eigenvalue weighted by molar-refractivity contribution is 9.10. The van der Waals surface area contributed by atoms with Gasteiger partial charge < -0.3 is 10.4 Å². The average molecular weight is 354 g/mol. The third kappa shape index (κ3) is 4.00. The Hall–Kier alpha value is -1.03. The van der Waals surface area contributed by atoms with E-state index in [1.807, 2.05) is 12.1 Å². The Morgan fingerprint density at radius 2 is 1.81 bits per heavy atom. The summed E-state index contributed by atoms with van der Waals surface area (Å²) in [4.78, 5) is 11.5. The third-order valence-corrected chi connectivity index (χ3v) is 4.80. The molecule has 0 heterocycles. The summed E-state index contributed by atoms with van der Waals surface area (Å²) in [5, 5.41) is 12.9. The first kappa shape index (κ1) is 16.3. The van der Waals surface area contributed by atoms with Crippen LogP contribution in [0.2, 0.25) is 0 Å². The largest absolute Gasteiger partial charge is 0.478 e. The quantitative estimate of drug-likeness (QED) is 0.788. The van der Waals surface area contributed by atoms with Crippen LogP contribution in [-0.2, 0) is 0 Å². The van der Waals surface area contributed by atoms with E-state index in [9.17, 15) is 9.90 Å². The zero-order chi connectivity index (χ0) is 15.8. The summed E-state index contributed by atoms with van der Waals surface area (Å²) in [7, 11) is 0. The van der Waals surface area contributed by atoms with Crippen molar-refractivity contribution in [2.75, 3.05) is 5.32 Å². The second-order valence-electron chi connectivity index (χ2n) is 7.72. The molecule has 0 bridgehead atoms. The van der Waals surface area contributed by atoms with Crippen molar-refractivity contribution in [2.45, 2.75) is 53.0 Å². The van der Waals surface area contributed by atoms with Gasteiger partial charge in [-0.1, -0.05) is 33.8 Å². The third-order valence-electron chi connectivity index (χ3n) is 4.14. The minimum Gasteiger partial charge on any atom is -0.478 e. The lowest BCUT2D eigenvalue weighted by Crippen LogP contribution is -2.40. The van der Waals surface area contributed by atoms with E-state index >= 15 is 0 Å². The zero-order valence-electron chi connectivity index (χ0n) is 13.2. The molecule has 0 amide bonds. The van der Waals surface area contributed by atoms with Crippen LogP contribution >= 0.6 is 15.9 Å². The van der Waals surface area contributed by atoms with Crippen molar-refractivity contribution in [1.29, 1.82) is 0 Å². The molecule has 21 heavy (non-hydrogen) atoms. The summed E-state index contributed by atoms with van der Waals surface area (Å²) in [5.41, 5.74) is 1.57. The maximum absolute atomic E-state index is 11.5. The summed E-state index contributed by atoms with van der Waals surface area (Å²) in [6.45, 7) is 9.17. The average Bonchev–Trinajstić information content (AvgIpc) is 2.23. The van der Waals surface area contributed by atoms with Crippen molar-refractivity contribution in [3.63, 3.8) is 0 Å². The Morgan fingerprint density at radius 3 is 2.33 bits per heavy atom. The van der Waals surface area contributed by atoms with Gasteiger partial charge in [0.2, 0.25) is 0 Å². The fourth-order valence-corrected chi connectivity index (χ4v) is 4.57. The van der Waals surface area contributed by atoms with Crippen LogP contribution in [0.3, 0.4) is 0 Å². The number of rotatable bonds is 3. The predicted molar refractivity (Wildman–Crippen MR) is 89.9 cm³/mol. The molecule has 0 unspecified atom stereocenters. The first-order valence-electron chi connectivity index (χ1n) is 7.38. The molecular formula is C17H24BrNO2. The SMILES string of the molecule is CC1(C)CC(Nc2cccc(Br)c2C(=O)O)CC(C)(C)C1. The molecular weight excluding hydrogens is 330 g/mol. The molecule has 1 saturated carbocycles. The van der Waals surface area contributed by atoms with Gasteiger partial charge in [0.15, 0.2) is 0 Å². The van der Waals surface area contributed by atoms with Crippen LogP contribution in [0.4, 0.5) is 5.69 Å². The van der Waals surface area contributed by atoms with E-state index in [2.05, 4.69) is 48.9 Å². The number of hydrogen-bond acceptors (Lipinski definition) is 2. The predicted octanol–water partition coefficient (Wildman–Crippen LogP) is 5.16. The molecule has 1 aliphatic rings. The molecule has 0 radical (unpaired) electrons. The van der Waals surface area contributed by atoms with E-state index in [1.165, 1.54) is 6.42 Å². The molecule has 1 aliphatic carbocycles. The molecule has 0 spiro atoms. The van der Waals surface area contributed by atoms with E-state index < -0.39 is 5.97 Å².